The van der Waals surface area contributed by atoms with E-state index in [4.69, 9.17) is 10.8 Å². The molecule has 0 radical (unpaired) electrons. The second-order valence-electron chi connectivity index (χ2n) is 4.44. The van der Waals surface area contributed by atoms with Crippen molar-refractivity contribution in [1.82, 2.24) is 0 Å². The summed E-state index contributed by atoms with van der Waals surface area (Å²) < 4.78 is 0. The number of anilines is 1. The average molecular weight is 266 g/mol. The minimum absolute atomic E-state index is 0.0241. The fourth-order valence-corrected chi connectivity index (χ4v) is 1.52. The molecule has 0 saturated heterocycles. The van der Waals surface area contributed by atoms with E-state index in [1.807, 2.05) is 13.8 Å². The molecule has 19 heavy (non-hydrogen) atoms. The number of carboxylic acids is 1. The predicted molar refractivity (Wildman–Crippen MR) is 71.1 cm³/mol. The number of nitrogens with two attached hydrogens (primary N) is 1. The molecule has 1 aromatic carbocycles. The van der Waals surface area contributed by atoms with Gasteiger partial charge in [0.15, 0.2) is 0 Å². The lowest BCUT2D eigenvalue weighted by molar-refractivity contribution is -0.118. The van der Waals surface area contributed by atoms with Gasteiger partial charge in [0.05, 0.1) is 6.04 Å². The summed E-state index contributed by atoms with van der Waals surface area (Å²) in [5, 5.41) is 20.8. The molecule has 6 nitrogen and oxygen atoms in total. The first-order valence-corrected chi connectivity index (χ1v) is 5.99. The number of benzene rings is 1. The molecule has 2 atom stereocenters. The number of aromatic carboxylic acids is 1. The van der Waals surface area contributed by atoms with Crippen molar-refractivity contribution in [2.45, 2.75) is 26.3 Å². The number of nitrogens with one attached hydrogen (secondary N) is 1. The van der Waals surface area contributed by atoms with Crippen LogP contribution in [-0.4, -0.2) is 28.1 Å². The van der Waals surface area contributed by atoms with Crippen molar-refractivity contribution in [2.75, 3.05) is 5.32 Å². The highest BCUT2D eigenvalue weighted by Gasteiger charge is 2.20. The second-order valence-corrected chi connectivity index (χ2v) is 4.44. The Kier molecular flexibility index (Phi) is 4.88. The summed E-state index contributed by atoms with van der Waals surface area (Å²) in [5.41, 5.74) is 5.79. The Morgan fingerprint density at radius 1 is 1.42 bits per heavy atom. The van der Waals surface area contributed by atoms with Gasteiger partial charge < -0.3 is 21.3 Å². The minimum atomic E-state index is -1.26. The van der Waals surface area contributed by atoms with E-state index >= 15 is 0 Å². The van der Waals surface area contributed by atoms with Gasteiger partial charge in [-0.2, -0.15) is 0 Å². The molecule has 0 unspecified atom stereocenters. The topological polar surface area (TPSA) is 113 Å². The molecule has 0 spiro atoms. The molecule has 1 aromatic rings. The Morgan fingerprint density at radius 3 is 2.58 bits per heavy atom. The number of hydrogen-bond donors (Lipinski definition) is 4. The molecule has 0 fully saturated rings. The highest BCUT2D eigenvalue weighted by atomic mass is 16.4. The van der Waals surface area contributed by atoms with Crippen molar-refractivity contribution >= 4 is 17.6 Å². The molecule has 0 saturated carbocycles. The van der Waals surface area contributed by atoms with Gasteiger partial charge in [0, 0.05) is 5.69 Å². The maximum Gasteiger partial charge on any atom is 0.339 e. The maximum atomic E-state index is 11.8. The van der Waals surface area contributed by atoms with Crippen LogP contribution in [0.3, 0.4) is 0 Å². The number of aromatic hydroxyl groups is 1. The molecule has 5 N–H and O–H groups in total. The zero-order valence-electron chi connectivity index (χ0n) is 10.9. The van der Waals surface area contributed by atoms with Gasteiger partial charge in [0.1, 0.15) is 11.3 Å². The molecular formula is C13H18N2O4. The van der Waals surface area contributed by atoms with Crippen molar-refractivity contribution < 1.29 is 19.8 Å². The van der Waals surface area contributed by atoms with Gasteiger partial charge in [-0.05, 0) is 24.1 Å². The summed E-state index contributed by atoms with van der Waals surface area (Å²) in [5.74, 6) is -1.97. The van der Waals surface area contributed by atoms with Gasteiger partial charge in [-0.3, -0.25) is 4.79 Å². The van der Waals surface area contributed by atoms with Gasteiger partial charge >= 0.3 is 5.97 Å². The van der Waals surface area contributed by atoms with Crippen molar-refractivity contribution in [3.05, 3.63) is 23.8 Å². The van der Waals surface area contributed by atoms with Crippen LogP contribution < -0.4 is 11.1 Å². The fourth-order valence-electron chi connectivity index (χ4n) is 1.52. The Hall–Kier alpha value is -2.08. The van der Waals surface area contributed by atoms with Crippen LogP contribution in [0.2, 0.25) is 0 Å². The first kappa shape index (κ1) is 15.0. The number of carbonyl (C=O) groups is 2. The normalized spacial score (nSPS) is 13.6. The number of carbonyl (C=O) groups excluding carboxylic acids is 1. The van der Waals surface area contributed by atoms with Gasteiger partial charge in [0.25, 0.3) is 0 Å². The molecular weight excluding hydrogens is 248 g/mol. The van der Waals surface area contributed by atoms with E-state index in [9.17, 15) is 14.7 Å². The largest absolute Gasteiger partial charge is 0.507 e. The molecule has 0 bridgehead atoms. The summed E-state index contributed by atoms with van der Waals surface area (Å²) in [4.78, 5) is 22.7. The van der Waals surface area contributed by atoms with E-state index in [1.54, 1.807) is 0 Å². The summed E-state index contributed by atoms with van der Waals surface area (Å²) in [6.07, 6.45) is 0.768. The van der Waals surface area contributed by atoms with Gasteiger partial charge in [-0.1, -0.05) is 20.3 Å². The minimum Gasteiger partial charge on any atom is -0.507 e. The summed E-state index contributed by atoms with van der Waals surface area (Å²) in [6, 6.07) is 3.17. The van der Waals surface area contributed by atoms with Crippen LogP contribution in [0.5, 0.6) is 5.75 Å². The Bertz CT molecular complexity index is 488. The zero-order valence-corrected chi connectivity index (χ0v) is 10.9. The lowest BCUT2D eigenvalue weighted by Crippen LogP contribution is -2.40. The third-order valence-electron chi connectivity index (χ3n) is 3.05. The maximum absolute atomic E-state index is 11.8. The first-order valence-electron chi connectivity index (χ1n) is 5.99. The smallest absolute Gasteiger partial charge is 0.339 e. The summed E-state index contributed by atoms with van der Waals surface area (Å²) in [6.45, 7) is 3.80. The molecule has 0 aliphatic carbocycles. The molecule has 0 aliphatic rings. The molecule has 104 valence electrons. The SMILES string of the molecule is CC[C@H](C)[C@H](N)C(=O)Nc1ccc(O)c(C(=O)O)c1. The Balaban J connectivity index is 2.86. The fraction of sp³-hybridized carbons (Fsp3) is 0.385. The lowest BCUT2D eigenvalue weighted by Gasteiger charge is -2.17. The number of rotatable bonds is 5. The third-order valence-corrected chi connectivity index (χ3v) is 3.05. The number of carboxylic acid groups (broad SMARTS) is 1. The van der Waals surface area contributed by atoms with Gasteiger partial charge in [0.2, 0.25) is 5.91 Å². The van der Waals surface area contributed by atoms with Crippen molar-refractivity contribution in [3.63, 3.8) is 0 Å². The predicted octanol–water partition coefficient (Wildman–Crippen LogP) is 1.40. The number of phenols is 1. The Morgan fingerprint density at radius 2 is 2.05 bits per heavy atom. The van der Waals surface area contributed by atoms with Gasteiger partial charge in [-0.25, -0.2) is 4.79 Å². The van der Waals surface area contributed by atoms with Crippen molar-refractivity contribution in [2.24, 2.45) is 11.7 Å². The molecule has 1 rings (SSSR count). The molecule has 1 amide bonds. The molecule has 0 aliphatic heterocycles. The Labute approximate surface area is 111 Å². The second kappa shape index (κ2) is 6.19. The highest BCUT2D eigenvalue weighted by Crippen LogP contribution is 2.21. The average Bonchev–Trinajstić information content (AvgIpc) is 2.38. The quantitative estimate of drug-likeness (QED) is 0.602. The third kappa shape index (κ3) is 3.69. The van der Waals surface area contributed by atoms with Crippen LogP contribution in [-0.2, 0) is 4.79 Å². The first-order chi connectivity index (χ1) is 8.86. The van der Waals surface area contributed by atoms with E-state index in [1.165, 1.54) is 18.2 Å². The van der Waals surface area contributed by atoms with Crippen molar-refractivity contribution in [3.8, 4) is 5.75 Å². The monoisotopic (exact) mass is 266 g/mol. The highest BCUT2D eigenvalue weighted by molar-refractivity contribution is 5.97. The lowest BCUT2D eigenvalue weighted by atomic mass is 9.99. The van der Waals surface area contributed by atoms with E-state index in [-0.39, 0.29) is 23.1 Å². The van der Waals surface area contributed by atoms with Crippen LogP contribution in [0.15, 0.2) is 18.2 Å². The van der Waals surface area contributed by atoms with Crippen LogP contribution in [0, 0.1) is 5.92 Å². The summed E-state index contributed by atoms with van der Waals surface area (Å²) in [7, 11) is 0. The number of amides is 1. The van der Waals surface area contributed by atoms with Crippen molar-refractivity contribution in [1.29, 1.82) is 0 Å². The van der Waals surface area contributed by atoms with Gasteiger partial charge in [-0.15, -0.1) is 0 Å². The summed E-state index contributed by atoms with van der Waals surface area (Å²) >= 11 is 0. The zero-order chi connectivity index (χ0) is 14.6. The van der Waals surface area contributed by atoms with E-state index in [2.05, 4.69) is 5.32 Å². The number of hydrogen-bond acceptors (Lipinski definition) is 4. The molecule has 0 heterocycles. The van der Waals surface area contributed by atoms with Crippen LogP contribution in [0.1, 0.15) is 30.6 Å². The van der Waals surface area contributed by atoms with Crippen LogP contribution in [0.25, 0.3) is 0 Å². The van der Waals surface area contributed by atoms with E-state index < -0.39 is 12.0 Å². The van der Waals surface area contributed by atoms with Crippen LogP contribution >= 0.6 is 0 Å². The molecule has 0 aromatic heterocycles. The standard InChI is InChI=1S/C13H18N2O4/c1-3-7(2)11(14)12(17)15-8-4-5-10(16)9(6-8)13(18)19/h4-7,11,16H,3,14H2,1-2H3,(H,15,17)(H,18,19)/t7-,11-/m0/s1. The van der Waals surface area contributed by atoms with Crippen LogP contribution in [0.4, 0.5) is 5.69 Å². The molecule has 6 heteroatoms. The van der Waals surface area contributed by atoms with E-state index in [0.29, 0.717) is 5.69 Å². The van der Waals surface area contributed by atoms with E-state index in [0.717, 1.165) is 6.42 Å².